The van der Waals surface area contributed by atoms with Gasteiger partial charge in [-0.2, -0.15) is 0 Å². The first-order valence-corrected chi connectivity index (χ1v) is 10.5. The van der Waals surface area contributed by atoms with Gasteiger partial charge in [0.15, 0.2) is 5.89 Å². The zero-order valence-electron chi connectivity index (χ0n) is 17.6. The monoisotopic (exact) mass is 383 g/mol. The number of carbonyl (C=O) groups excluding carboxylic acids is 1. The Morgan fingerprint density at radius 2 is 1.93 bits per heavy atom. The van der Waals surface area contributed by atoms with E-state index in [1.54, 1.807) is 0 Å². The van der Waals surface area contributed by atoms with Crippen LogP contribution in [0.5, 0.6) is 0 Å². The third kappa shape index (κ3) is 4.82. The minimum absolute atomic E-state index is 0.147. The summed E-state index contributed by atoms with van der Waals surface area (Å²) in [6.45, 7) is 11.9. The molecule has 0 atom stereocenters. The summed E-state index contributed by atoms with van der Waals surface area (Å²) in [5, 5.41) is 0. The summed E-state index contributed by atoms with van der Waals surface area (Å²) >= 11 is 0. The van der Waals surface area contributed by atoms with Gasteiger partial charge in [0, 0.05) is 30.6 Å². The highest BCUT2D eigenvalue weighted by molar-refractivity contribution is 5.94. The summed E-state index contributed by atoms with van der Waals surface area (Å²) < 4.78 is 6.04. The molecule has 2 aromatic rings. The van der Waals surface area contributed by atoms with Gasteiger partial charge in [0.05, 0.1) is 12.2 Å². The van der Waals surface area contributed by atoms with E-state index < -0.39 is 0 Å². The maximum absolute atomic E-state index is 12.7. The smallest absolute Gasteiger partial charge is 0.253 e. The van der Waals surface area contributed by atoms with E-state index in [1.807, 2.05) is 42.2 Å². The fourth-order valence-corrected chi connectivity index (χ4v) is 3.90. The third-order valence-electron chi connectivity index (χ3n) is 5.55. The molecule has 1 amide bonds. The van der Waals surface area contributed by atoms with Crippen LogP contribution in [0.4, 0.5) is 0 Å². The number of rotatable bonds is 7. The van der Waals surface area contributed by atoms with E-state index in [1.165, 1.54) is 0 Å². The molecule has 1 aliphatic rings. The Morgan fingerprint density at radius 3 is 2.50 bits per heavy atom. The average Bonchev–Trinajstić information content (AvgIpc) is 3.09. The van der Waals surface area contributed by atoms with E-state index in [9.17, 15) is 4.79 Å². The lowest BCUT2D eigenvalue weighted by Gasteiger charge is -2.38. The van der Waals surface area contributed by atoms with Gasteiger partial charge in [-0.25, -0.2) is 4.98 Å². The maximum atomic E-state index is 12.7. The number of aryl methyl sites for hydroxylation is 1. The fourth-order valence-electron chi connectivity index (χ4n) is 3.90. The van der Waals surface area contributed by atoms with Gasteiger partial charge in [-0.3, -0.25) is 9.69 Å². The van der Waals surface area contributed by atoms with Gasteiger partial charge in [0.25, 0.3) is 5.91 Å². The second-order valence-electron chi connectivity index (χ2n) is 8.08. The van der Waals surface area contributed by atoms with Crippen LogP contribution in [0.15, 0.2) is 34.7 Å². The molecule has 1 aromatic heterocycles. The van der Waals surface area contributed by atoms with Crippen molar-refractivity contribution in [2.75, 3.05) is 19.6 Å². The van der Waals surface area contributed by atoms with Crippen molar-refractivity contribution >= 4 is 5.91 Å². The van der Waals surface area contributed by atoms with Gasteiger partial charge >= 0.3 is 0 Å². The summed E-state index contributed by atoms with van der Waals surface area (Å²) in [6.07, 6.45) is 3.11. The van der Waals surface area contributed by atoms with Crippen molar-refractivity contribution in [1.29, 1.82) is 0 Å². The van der Waals surface area contributed by atoms with Crippen molar-refractivity contribution in [3.05, 3.63) is 53.2 Å². The topological polar surface area (TPSA) is 49.6 Å². The first-order chi connectivity index (χ1) is 13.5. The SMILES string of the molecule is CCCN(Cc1oc(C(C)C)nc1C)C1CCN(C(=O)c2ccccc2)CC1. The maximum Gasteiger partial charge on any atom is 0.253 e. The number of hydrogen-bond acceptors (Lipinski definition) is 4. The van der Waals surface area contributed by atoms with Gasteiger partial charge in [0.1, 0.15) is 5.76 Å². The molecular formula is C23H33N3O2. The van der Waals surface area contributed by atoms with Gasteiger partial charge in [0.2, 0.25) is 0 Å². The first-order valence-electron chi connectivity index (χ1n) is 10.5. The molecule has 0 bridgehead atoms. The summed E-state index contributed by atoms with van der Waals surface area (Å²) in [7, 11) is 0. The molecule has 0 saturated carbocycles. The van der Waals surface area contributed by atoms with E-state index in [-0.39, 0.29) is 5.91 Å². The molecule has 0 spiro atoms. The van der Waals surface area contributed by atoms with Gasteiger partial charge in [-0.15, -0.1) is 0 Å². The molecular weight excluding hydrogens is 350 g/mol. The minimum Gasteiger partial charge on any atom is -0.444 e. The Labute approximate surface area is 168 Å². The van der Waals surface area contributed by atoms with Gasteiger partial charge in [-0.05, 0) is 44.9 Å². The van der Waals surface area contributed by atoms with Crippen LogP contribution in [0.25, 0.3) is 0 Å². The lowest BCUT2D eigenvalue weighted by molar-refractivity contribution is 0.0595. The average molecular weight is 384 g/mol. The van der Waals surface area contributed by atoms with Crippen molar-refractivity contribution < 1.29 is 9.21 Å². The molecule has 1 aromatic carbocycles. The second-order valence-corrected chi connectivity index (χ2v) is 8.08. The lowest BCUT2D eigenvalue weighted by atomic mass is 10.0. The number of aromatic nitrogens is 1. The van der Waals surface area contributed by atoms with Crippen molar-refractivity contribution in [3.63, 3.8) is 0 Å². The van der Waals surface area contributed by atoms with E-state index >= 15 is 0 Å². The van der Waals surface area contributed by atoms with E-state index in [0.717, 1.165) is 68.3 Å². The van der Waals surface area contributed by atoms with Crippen LogP contribution in [-0.2, 0) is 6.54 Å². The zero-order chi connectivity index (χ0) is 20.1. The number of benzene rings is 1. The molecule has 3 rings (SSSR count). The molecule has 1 fully saturated rings. The Morgan fingerprint density at radius 1 is 1.25 bits per heavy atom. The molecule has 1 saturated heterocycles. The summed E-state index contributed by atoms with van der Waals surface area (Å²) in [4.78, 5) is 21.8. The Balaban J connectivity index is 1.62. The second kappa shape index (κ2) is 9.37. The summed E-state index contributed by atoms with van der Waals surface area (Å²) in [5.41, 5.74) is 1.78. The van der Waals surface area contributed by atoms with Crippen molar-refractivity contribution in [2.45, 2.75) is 65.5 Å². The molecule has 5 nitrogen and oxygen atoms in total. The quantitative estimate of drug-likeness (QED) is 0.700. The number of nitrogens with zero attached hydrogens (tertiary/aromatic N) is 3. The third-order valence-corrected chi connectivity index (χ3v) is 5.55. The largest absolute Gasteiger partial charge is 0.444 e. The number of hydrogen-bond donors (Lipinski definition) is 0. The molecule has 1 aliphatic heterocycles. The van der Waals surface area contributed by atoms with Crippen molar-refractivity contribution in [1.82, 2.24) is 14.8 Å². The highest BCUT2D eigenvalue weighted by Crippen LogP contribution is 2.24. The molecule has 152 valence electrons. The van der Waals surface area contributed by atoms with Crippen LogP contribution >= 0.6 is 0 Å². The zero-order valence-corrected chi connectivity index (χ0v) is 17.6. The minimum atomic E-state index is 0.147. The van der Waals surface area contributed by atoms with Crippen LogP contribution in [0.3, 0.4) is 0 Å². The molecule has 0 unspecified atom stereocenters. The lowest BCUT2D eigenvalue weighted by Crippen LogP contribution is -2.46. The number of amides is 1. The van der Waals surface area contributed by atoms with Crippen LogP contribution in [0.1, 0.15) is 73.7 Å². The molecule has 0 N–H and O–H groups in total. The Kier molecular flexibility index (Phi) is 6.89. The molecule has 0 aliphatic carbocycles. The highest BCUT2D eigenvalue weighted by atomic mass is 16.4. The standard InChI is InChI=1S/C23H33N3O2/c1-5-13-26(16-21-18(4)24-22(28-21)17(2)3)20-11-14-25(15-12-20)23(27)19-9-7-6-8-10-19/h6-10,17,20H,5,11-16H2,1-4H3. The Hall–Kier alpha value is -2.14. The Bertz CT molecular complexity index is 761. The van der Waals surface area contributed by atoms with E-state index in [0.29, 0.717) is 12.0 Å². The number of likely N-dealkylation sites (tertiary alicyclic amines) is 1. The van der Waals surface area contributed by atoms with Crippen molar-refractivity contribution in [3.8, 4) is 0 Å². The number of carbonyl (C=O) groups is 1. The first kappa shape index (κ1) is 20.6. The summed E-state index contributed by atoms with van der Waals surface area (Å²) in [5.74, 6) is 2.26. The van der Waals surface area contributed by atoms with E-state index in [2.05, 4.69) is 30.7 Å². The van der Waals surface area contributed by atoms with Crippen LogP contribution in [0, 0.1) is 6.92 Å². The number of oxazole rings is 1. The predicted molar refractivity (Wildman–Crippen MR) is 111 cm³/mol. The number of piperidine rings is 1. The van der Waals surface area contributed by atoms with Crippen LogP contribution in [0.2, 0.25) is 0 Å². The van der Waals surface area contributed by atoms with Gasteiger partial charge in [-0.1, -0.05) is 39.0 Å². The van der Waals surface area contributed by atoms with Crippen molar-refractivity contribution in [2.24, 2.45) is 0 Å². The summed E-state index contributed by atoms with van der Waals surface area (Å²) in [6, 6.07) is 10.1. The predicted octanol–water partition coefficient (Wildman–Crippen LogP) is 4.62. The fraction of sp³-hybridized carbons (Fsp3) is 0.565. The van der Waals surface area contributed by atoms with Gasteiger partial charge < -0.3 is 9.32 Å². The van der Waals surface area contributed by atoms with Crippen LogP contribution < -0.4 is 0 Å². The molecule has 28 heavy (non-hydrogen) atoms. The van der Waals surface area contributed by atoms with Crippen LogP contribution in [-0.4, -0.2) is 46.4 Å². The molecule has 2 heterocycles. The molecule has 0 radical (unpaired) electrons. The highest BCUT2D eigenvalue weighted by Gasteiger charge is 2.28. The molecule has 5 heteroatoms. The van der Waals surface area contributed by atoms with E-state index in [4.69, 9.17) is 4.42 Å². The normalized spacial score (nSPS) is 15.6.